The number of anilines is 1. The highest BCUT2D eigenvalue weighted by molar-refractivity contribution is 5.62. The van der Waals surface area contributed by atoms with Crippen molar-refractivity contribution in [3.05, 3.63) is 34.7 Å². The highest BCUT2D eigenvalue weighted by Gasteiger charge is 2.21. The van der Waals surface area contributed by atoms with E-state index in [0.717, 1.165) is 13.1 Å². The van der Waals surface area contributed by atoms with E-state index in [2.05, 4.69) is 20.5 Å². The van der Waals surface area contributed by atoms with Crippen LogP contribution in [0.3, 0.4) is 0 Å². The average Bonchev–Trinajstić information content (AvgIpc) is 3.06. The molecule has 0 saturated carbocycles. The molecule has 3 heterocycles. The predicted octanol–water partition coefficient (Wildman–Crippen LogP) is 1.33. The van der Waals surface area contributed by atoms with Crippen LogP contribution in [-0.4, -0.2) is 52.4 Å². The van der Waals surface area contributed by atoms with Crippen LogP contribution in [0, 0.1) is 10.1 Å². The fourth-order valence-corrected chi connectivity index (χ4v) is 2.01. The molecular weight excluding hydrogens is 304 g/mol. The minimum Gasteiger partial charge on any atom is -0.454 e. The summed E-state index contributed by atoms with van der Waals surface area (Å²) in [5, 5.41) is 15.0. The van der Waals surface area contributed by atoms with Crippen molar-refractivity contribution < 1.29 is 14.1 Å². The fraction of sp³-hybridized carbons (Fsp3) is 0.308. The Labute approximate surface area is 130 Å². The third kappa shape index (κ3) is 3.61. The number of hydrazone groups is 1. The highest BCUT2D eigenvalue weighted by Crippen LogP contribution is 2.28. The van der Waals surface area contributed by atoms with Gasteiger partial charge in [0.2, 0.25) is 11.6 Å². The summed E-state index contributed by atoms with van der Waals surface area (Å²) in [7, 11) is 0. The van der Waals surface area contributed by atoms with E-state index in [1.165, 1.54) is 18.5 Å². The number of aromatic nitrogens is 2. The van der Waals surface area contributed by atoms with Gasteiger partial charge >= 0.3 is 5.69 Å². The van der Waals surface area contributed by atoms with Gasteiger partial charge in [0, 0.05) is 25.4 Å². The molecule has 0 aliphatic carbocycles. The van der Waals surface area contributed by atoms with Gasteiger partial charge in [-0.05, 0) is 0 Å². The Morgan fingerprint density at radius 1 is 1.39 bits per heavy atom. The summed E-state index contributed by atoms with van der Waals surface area (Å²) in [6, 6.07) is 2.87. The Kier molecular flexibility index (Phi) is 4.43. The van der Waals surface area contributed by atoms with Crippen molar-refractivity contribution in [3.63, 3.8) is 0 Å². The Bertz CT molecular complexity index is 710. The van der Waals surface area contributed by atoms with Gasteiger partial charge in [-0.3, -0.25) is 15.5 Å². The maximum Gasteiger partial charge on any atom is 0.318 e. The van der Waals surface area contributed by atoms with Crippen molar-refractivity contribution in [1.82, 2.24) is 14.9 Å². The topological polar surface area (TPSA) is 119 Å². The number of nitrogens with one attached hydrogen (secondary N) is 1. The molecule has 0 radical (unpaired) electrons. The van der Waals surface area contributed by atoms with Crippen LogP contribution in [-0.2, 0) is 4.74 Å². The molecule has 0 aromatic carbocycles. The van der Waals surface area contributed by atoms with Crippen molar-refractivity contribution in [3.8, 4) is 11.6 Å². The standard InChI is InChI=1S/C13H14N6O4/c20-19(21)10-2-6-23-12(10)13-14-3-1-11(16-13)17-15-9-18-4-7-22-8-5-18/h1-3,6,9H,4-5,7-8H2,(H,14,16,17). The Hall–Kier alpha value is -3.01. The molecule has 1 saturated heterocycles. The van der Waals surface area contributed by atoms with Crippen LogP contribution < -0.4 is 5.43 Å². The molecule has 3 rings (SSSR count). The number of hydrogen-bond donors (Lipinski definition) is 1. The Balaban J connectivity index is 1.71. The first-order valence-electron chi connectivity index (χ1n) is 6.90. The molecule has 0 bridgehead atoms. The lowest BCUT2D eigenvalue weighted by molar-refractivity contribution is -0.384. The lowest BCUT2D eigenvalue weighted by atomic mass is 10.3. The van der Waals surface area contributed by atoms with Crippen LogP contribution in [0.25, 0.3) is 11.6 Å². The van der Waals surface area contributed by atoms with Gasteiger partial charge in [0.15, 0.2) is 0 Å². The van der Waals surface area contributed by atoms with Gasteiger partial charge in [0.05, 0.1) is 30.5 Å². The molecule has 2 aromatic heterocycles. The monoisotopic (exact) mass is 318 g/mol. The van der Waals surface area contributed by atoms with E-state index in [1.807, 2.05) is 4.90 Å². The zero-order chi connectivity index (χ0) is 16.1. The third-order valence-electron chi connectivity index (χ3n) is 3.15. The Morgan fingerprint density at radius 2 is 2.22 bits per heavy atom. The van der Waals surface area contributed by atoms with Crippen molar-refractivity contribution in [2.24, 2.45) is 5.10 Å². The van der Waals surface area contributed by atoms with Crippen LogP contribution >= 0.6 is 0 Å². The number of ether oxygens (including phenoxy) is 1. The summed E-state index contributed by atoms with van der Waals surface area (Å²) in [5.74, 6) is 0.536. The molecule has 120 valence electrons. The maximum atomic E-state index is 10.9. The molecule has 23 heavy (non-hydrogen) atoms. The SMILES string of the molecule is O=[N+]([O-])c1ccoc1-c1nccc(NN=CN2CCOCC2)n1. The summed E-state index contributed by atoms with van der Waals surface area (Å²) < 4.78 is 10.4. The van der Waals surface area contributed by atoms with E-state index in [0.29, 0.717) is 19.0 Å². The molecule has 0 spiro atoms. The fourth-order valence-electron chi connectivity index (χ4n) is 2.01. The van der Waals surface area contributed by atoms with Crippen LogP contribution in [0.2, 0.25) is 0 Å². The van der Waals surface area contributed by atoms with Crippen LogP contribution in [0.5, 0.6) is 0 Å². The lowest BCUT2D eigenvalue weighted by Gasteiger charge is -2.23. The maximum absolute atomic E-state index is 10.9. The van der Waals surface area contributed by atoms with Crippen LogP contribution in [0.4, 0.5) is 11.5 Å². The van der Waals surface area contributed by atoms with Crippen LogP contribution in [0.1, 0.15) is 0 Å². The van der Waals surface area contributed by atoms with Crippen molar-refractivity contribution >= 4 is 17.8 Å². The molecule has 0 amide bonds. The highest BCUT2D eigenvalue weighted by atomic mass is 16.6. The second-order valence-corrected chi connectivity index (χ2v) is 4.66. The van der Waals surface area contributed by atoms with E-state index in [-0.39, 0.29) is 17.3 Å². The summed E-state index contributed by atoms with van der Waals surface area (Å²) in [6.07, 6.45) is 4.37. The number of nitro groups is 1. The number of furan rings is 1. The number of morpholine rings is 1. The zero-order valence-corrected chi connectivity index (χ0v) is 12.1. The van der Waals surface area contributed by atoms with Crippen molar-refractivity contribution in [1.29, 1.82) is 0 Å². The summed E-state index contributed by atoms with van der Waals surface area (Å²) in [5.41, 5.74) is 2.59. The molecule has 1 fully saturated rings. The molecule has 2 aromatic rings. The van der Waals surface area contributed by atoms with E-state index in [4.69, 9.17) is 9.15 Å². The number of rotatable bonds is 5. The van der Waals surface area contributed by atoms with E-state index in [1.54, 1.807) is 12.4 Å². The van der Waals surface area contributed by atoms with E-state index >= 15 is 0 Å². The first-order chi connectivity index (χ1) is 11.2. The molecule has 0 unspecified atom stereocenters. The van der Waals surface area contributed by atoms with Crippen molar-refractivity contribution in [2.75, 3.05) is 31.7 Å². The average molecular weight is 318 g/mol. The molecular formula is C13H14N6O4. The normalized spacial score (nSPS) is 15.0. The minimum absolute atomic E-state index is 0.0100. The first-order valence-corrected chi connectivity index (χ1v) is 6.90. The van der Waals surface area contributed by atoms with Gasteiger partial charge in [0.1, 0.15) is 12.2 Å². The van der Waals surface area contributed by atoms with Gasteiger partial charge in [-0.1, -0.05) is 0 Å². The quantitative estimate of drug-likeness (QED) is 0.379. The smallest absolute Gasteiger partial charge is 0.318 e. The van der Waals surface area contributed by atoms with E-state index < -0.39 is 4.92 Å². The minimum atomic E-state index is -0.543. The number of nitrogens with zero attached hydrogens (tertiary/aromatic N) is 5. The predicted molar refractivity (Wildman–Crippen MR) is 80.9 cm³/mol. The summed E-state index contributed by atoms with van der Waals surface area (Å²) in [4.78, 5) is 20.5. The van der Waals surface area contributed by atoms with Gasteiger partial charge in [-0.25, -0.2) is 9.97 Å². The van der Waals surface area contributed by atoms with E-state index in [9.17, 15) is 10.1 Å². The Morgan fingerprint density at radius 3 is 3.00 bits per heavy atom. The van der Waals surface area contributed by atoms with Gasteiger partial charge in [-0.2, -0.15) is 5.10 Å². The first kappa shape index (κ1) is 14.9. The third-order valence-corrected chi connectivity index (χ3v) is 3.15. The molecule has 1 N–H and O–H groups in total. The second-order valence-electron chi connectivity index (χ2n) is 4.66. The zero-order valence-electron chi connectivity index (χ0n) is 12.1. The van der Waals surface area contributed by atoms with Gasteiger partial charge in [0.25, 0.3) is 0 Å². The number of hydrogen-bond acceptors (Lipinski definition) is 8. The molecule has 0 atom stereocenters. The molecule has 10 nitrogen and oxygen atoms in total. The summed E-state index contributed by atoms with van der Waals surface area (Å²) >= 11 is 0. The molecule has 1 aliphatic heterocycles. The van der Waals surface area contributed by atoms with Crippen LogP contribution in [0.15, 0.2) is 34.1 Å². The van der Waals surface area contributed by atoms with Gasteiger partial charge in [-0.15, -0.1) is 0 Å². The molecule has 10 heteroatoms. The molecule has 1 aliphatic rings. The van der Waals surface area contributed by atoms with Crippen molar-refractivity contribution in [2.45, 2.75) is 0 Å². The largest absolute Gasteiger partial charge is 0.454 e. The lowest BCUT2D eigenvalue weighted by Crippen LogP contribution is -2.35. The summed E-state index contributed by atoms with van der Waals surface area (Å²) in [6.45, 7) is 2.90. The second kappa shape index (κ2) is 6.83. The van der Waals surface area contributed by atoms with Gasteiger partial charge < -0.3 is 14.1 Å².